The van der Waals surface area contributed by atoms with E-state index in [1.807, 2.05) is 41.1 Å². The van der Waals surface area contributed by atoms with Crippen LogP contribution in [0.3, 0.4) is 0 Å². The van der Waals surface area contributed by atoms with Crippen LogP contribution in [0.15, 0.2) is 61.4 Å². The third-order valence-electron chi connectivity index (χ3n) is 4.55. The second-order valence-corrected chi connectivity index (χ2v) is 6.54. The number of halogens is 1. The molecule has 6 heteroatoms. The summed E-state index contributed by atoms with van der Waals surface area (Å²) in [7, 11) is 0. The minimum absolute atomic E-state index is 0.0637. The first-order valence-corrected chi connectivity index (χ1v) is 8.72. The third kappa shape index (κ3) is 2.91. The Kier molecular flexibility index (Phi) is 4.31. The molecule has 3 aromatic rings. The maximum Gasteiger partial charge on any atom is 0.246 e. The van der Waals surface area contributed by atoms with Gasteiger partial charge in [-0.1, -0.05) is 30.3 Å². The molecule has 130 valence electrons. The summed E-state index contributed by atoms with van der Waals surface area (Å²) in [5.74, 6) is -0.0637. The van der Waals surface area contributed by atoms with Crippen molar-refractivity contribution in [1.29, 1.82) is 0 Å². The van der Waals surface area contributed by atoms with E-state index in [0.717, 1.165) is 28.1 Å². The number of amides is 1. The zero-order valence-electron chi connectivity index (χ0n) is 14.1. The Morgan fingerprint density at radius 2 is 1.81 bits per heavy atom. The number of pyridine rings is 1. The van der Waals surface area contributed by atoms with Crippen molar-refractivity contribution < 1.29 is 4.79 Å². The van der Waals surface area contributed by atoms with E-state index in [9.17, 15) is 4.79 Å². The Labute approximate surface area is 156 Å². The molecule has 0 radical (unpaired) electrons. The lowest BCUT2D eigenvalue weighted by molar-refractivity contribution is -0.127. The molecule has 4 rings (SSSR count). The van der Waals surface area contributed by atoms with Crippen molar-refractivity contribution in [2.75, 3.05) is 6.54 Å². The maximum absolute atomic E-state index is 12.1. The highest BCUT2D eigenvalue weighted by molar-refractivity contribution is 6.30. The van der Waals surface area contributed by atoms with Crippen LogP contribution >= 0.6 is 11.6 Å². The molecule has 1 amide bonds. The first kappa shape index (κ1) is 16.5. The van der Waals surface area contributed by atoms with Gasteiger partial charge < -0.3 is 4.90 Å². The van der Waals surface area contributed by atoms with E-state index in [1.165, 1.54) is 6.08 Å². The van der Waals surface area contributed by atoms with Gasteiger partial charge in [-0.15, -0.1) is 0 Å². The summed E-state index contributed by atoms with van der Waals surface area (Å²) in [4.78, 5) is 18.0. The van der Waals surface area contributed by atoms with Crippen LogP contribution in [0.2, 0.25) is 5.02 Å². The van der Waals surface area contributed by atoms with Gasteiger partial charge in [0.05, 0.1) is 18.8 Å². The smallest absolute Gasteiger partial charge is 0.246 e. The zero-order chi connectivity index (χ0) is 18.1. The molecule has 3 heterocycles. The van der Waals surface area contributed by atoms with Gasteiger partial charge in [0.1, 0.15) is 5.69 Å². The Morgan fingerprint density at radius 1 is 1.08 bits per heavy atom. The Morgan fingerprint density at radius 3 is 2.50 bits per heavy atom. The molecule has 5 nitrogen and oxygen atoms in total. The molecule has 2 aromatic heterocycles. The van der Waals surface area contributed by atoms with Gasteiger partial charge in [0.25, 0.3) is 0 Å². The lowest BCUT2D eigenvalue weighted by atomic mass is 9.99. The summed E-state index contributed by atoms with van der Waals surface area (Å²) in [6.07, 6.45) is 4.89. The summed E-state index contributed by atoms with van der Waals surface area (Å²) < 4.78 is 1.99. The number of aromatic nitrogens is 3. The second-order valence-electron chi connectivity index (χ2n) is 6.10. The average molecular weight is 365 g/mol. The van der Waals surface area contributed by atoms with Crippen LogP contribution in [0.4, 0.5) is 0 Å². The first-order chi connectivity index (χ1) is 12.7. The average Bonchev–Trinajstić information content (AvgIpc) is 3.07. The van der Waals surface area contributed by atoms with Crippen LogP contribution < -0.4 is 0 Å². The Hall–Kier alpha value is -2.92. The number of carbonyl (C=O) groups excluding carboxylic acids is 1. The predicted octanol–water partition coefficient (Wildman–Crippen LogP) is 3.79. The molecular weight excluding hydrogens is 348 g/mol. The number of hydrogen-bond donors (Lipinski definition) is 0. The largest absolute Gasteiger partial charge is 0.331 e. The highest BCUT2D eigenvalue weighted by atomic mass is 35.5. The molecule has 0 fully saturated rings. The van der Waals surface area contributed by atoms with Gasteiger partial charge in [-0.05, 0) is 35.9 Å². The highest BCUT2D eigenvalue weighted by Crippen LogP contribution is 2.36. The molecule has 0 saturated carbocycles. The quantitative estimate of drug-likeness (QED) is 0.664. The van der Waals surface area contributed by atoms with Crippen molar-refractivity contribution >= 4 is 17.5 Å². The van der Waals surface area contributed by atoms with Crippen molar-refractivity contribution in [3.8, 4) is 22.4 Å². The summed E-state index contributed by atoms with van der Waals surface area (Å²) in [5, 5.41) is 5.52. The fourth-order valence-electron chi connectivity index (χ4n) is 3.27. The fourth-order valence-corrected chi connectivity index (χ4v) is 3.39. The van der Waals surface area contributed by atoms with Crippen molar-refractivity contribution in [2.24, 2.45) is 0 Å². The van der Waals surface area contributed by atoms with Crippen LogP contribution in [0.1, 0.15) is 5.69 Å². The summed E-state index contributed by atoms with van der Waals surface area (Å²) in [5.41, 5.74) is 4.94. The van der Waals surface area contributed by atoms with Crippen LogP contribution in [-0.4, -0.2) is 32.1 Å². The number of rotatable bonds is 3. The summed E-state index contributed by atoms with van der Waals surface area (Å²) in [6, 6.07) is 11.6. The van der Waals surface area contributed by atoms with Gasteiger partial charge in [0.2, 0.25) is 5.91 Å². The molecule has 1 aliphatic heterocycles. The lowest BCUT2D eigenvalue weighted by Crippen LogP contribution is -2.37. The van der Waals surface area contributed by atoms with Gasteiger partial charge in [-0.2, -0.15) is 5.10 Å². The minimum Gasteiger partial charge on any atom is -0.331 e. The number of fused-ring (bicyclic) bond motifs is 1. The van der Waals surface area contributed by atoms with Crippen molar-refractivity contribution in [3.05, 3.63) is 72.2 Å². The standard InChI is InChI=1S/C20H17ClN4O/c1-2-18(26)24-11-12-25-17(13-24)19(14-7-9-22-10-8-14)20(23-25)15-3-5-16(21)6-4-15/h2-10H,1,11-13H2. The molecule has 0 unspecified atom stereocenters. The van der Waals surface area contributed by atoms with E-state index in [4.69, 9.17) is 16.7 Å². The highest BCUT2D eigenvalue weighted by Gasteiger charge is 2.27. The lowest BCUT2D eigenvalue weighted by Gasteiger charge is -2.27. The number of carbonyl (C=O) groups is 1. The molecule has 0 spiro atoms. The van der Waals surface area contributed by atoms with E-state index in [1.54, 1.807) is 17.3 Å². The molecule has 0 atom stereocenters. The molecule has 26 heavy (non-hydrogen) atoms. The van der Waals surface area contributed by atoms with E-state index in [0.29, 0.717) is 24.7 Å². The van der Waals surface area contributed by atoms with E-state index in [-0.39, 0.29) is 5.91 Å². The summed E-state index contributed by atoms with van der Waals surface area (Å²) in [6.45, 7) is 5.38. The SMILES string of the molecule is C=CC(=O)N1CCn2nc(-c3ccc(Cl)cc3)c(-c3ccncc3)c2C1. The normalized spacial score (nSPS) is 13.3. The molecule has 0 saturated heterocycles. The van der Waals surface area contributed by atoms with Gasteiger partial charge in [-0.25, -0.2) is 0 Å². The van der Waals surface area contributed by atoms with Gasteiger partial charge in [-0.3, -0.25) is 14.5 Å². The third-order valence-corrected chi connectivity index (χ3v) is 4.80. The summed E-state index contributed by atoms with van der Waals surface area (Å²) >= 11 is 6.04. The number of benzene rings is 1. The molecule has 0 aliphatic carbocycles. The Bertz CT molecular complexity index is 963. The van der Waals surface area contributed by atoms with E-state index < -0.39 is 0 Å². The van der Waals surface area contributed by atoms with E-state index in [2.05, 4.69) is 11.6 Å². The van der Waals surface area contributed by atoms with Crippen LogP contribution in [0.5, 0.6) is 0 Å². The molecule has 1 aromatic carbocycles. The minimum atomic E-state index is -0.0637. The number of hydrogen-bond acceptors (Lipinski definition) is 3. The van der Waals surface area contributed by atoms with Gasteiger partial charge in [0.15, 0.2) is 0 Å². The topological polar surface area (TPSA) is 51.0 Å². The first-order valence-electron chi connectivity index (χ1n) is 8.34. The van der Waals surface area contributed by atoms with Crippen LogP contribution in [-0.2, 0) is 17.9 Å². The van der Waals surface area contributed by atoms with Gasteiger partial charge >= 0.3 is 0 Å². The van der Waals surface area contributed by atoms with Crippen molar-refractivity contribution in [1.82, 2.24) is 19.7 Å². The Balaban J connectivity index is 1.88. The second kappa shape index (κ2) is 6.77. The molecule has 1 aliphatic rings. The predicted molar refractivity (Wildman–Crippen MR) is 102 cm³/mol. The zero-order valence-corrected chi connectivity index (χ0v) is 14.9. The molecular formula is C20H17ClN4O. The maximum atomic E-state index is 12.1. The van der Waals surface area contributed by atoms with Gasteiger partial charge in [0, 0.05) is 35.1 Å². The van der Waals surface area contributed by atoms with Crippen molar-refractivity contribution in [2.45, 2.75) is 13.1 Å². The molecule has 0 N–H and O–H groups in total. The number of nitrogens with zero attached hydrogens (tertiary/aromatic N) is 4. The monoisotopic (exact) mass is 364 g/mol. The van der Waals surface area contributed by atoms with Crippen LogP contribution in [0.25, 0.3) is 22.4 Å². The van der Waals surface area contributed by atoms with E-state index >= 15 is 0 Å². The fraction of sp³-hybridized carbons (Fsp3) is 0.150. The van der Waals surface area contributed by atoms with Crippen molar-refractivity contribution in [3.63, 3.8) is 0 Å². The molecule has 0 bridgehead atoms. The van der Waals surface area contributed by atoms with Crippen LogP contribution in [0, 0.1) is 0 Å².